The number of anilines is 1. The van der Waals surface area contributed by atoms with Crippen LogP contribution in [0, 0.1) is 5.41 Å². The summed E-state index contributed by atoms with van der Waals surface area (Å²) in [6, 6.07) is 16.4. The zero-order valence-electron chi connectivity index (χ0n) is 9.10. The van der Waals surface area contributed by atoms with Crippen molar-refractivity contribution >= 4 is 23.1 Å². The number of rotatable bonds is 2. The van der Waals surface area contributed by atoms with Crippen LogP contribution in [-0.2, 0) is 0 Å². The molecule has 2 aromatic carbocycles. The van der Waals surface area contributed by atoms with Gasteiger partial charge in [-0.1, -0.05) is 41.9 Å². The molecule has 0 aromatic heterocycles. The SMILES string of the molecule is N=C(c1ccccc1)N(N)c1ccc(Cl)cc1. The first-order valence-electron chi connectivity index (χ1n) is 5.13. The zero-order valence-corrected chi connectivity index (χ0v) is 9.85. The second kappa shape index (κ2) is 4.99. The molecule has 0 fully saturated rings. The number of hydrogen-bond donors (Lipinski definition) is 2. The summed E-state index contributed by atoms with van der Waals surface area (Å²) >= 11 is 5.80. The van der Waals surface area contributed by atoms with Gasteiger partial charge in [0.15, 0.2) is 0 Å². The normalized spacial score (nSPS) is 10.0. The molecule has 0 aliphatic carbocycles. The summed E-state index contributed by atoms with van der Waals surface area (Å²) in [4.78, 5) is 0. The third-order valence-electron chi connectivity index (χ3n) is 2.39. The Labute approximate surface area is 105 Å². The summed E-state index contributed by atoms with van der Waals surface area (Å²) in [5, 5.41) is 9.97. The number of nitrogens with zero attached hydrogens (tertiary/aromatic N) is 1. The Hall–Kier alpha value is -1.84. The number of nitrogens with two attached hydrogens (primary N) is 1. The molecule has 0 unspecified atom stereocenters. The van der Waals surface area contributed by atoms with E-state index in [0.29, 0.717) is 5.02 Å². The van der Waals surface area contributed by atoms with Gasteiger partial charge in [-0.05, 0) is 24.3 Å². The van der Waals surface area contributed by atoms with Crippen LogP contribution < -0.4 is 10.9 Å². The van der Waals surface area contributed by atoms with Gasteiger partial charge in [0.2, 0.25) is 0 Å². The highest BCUT2D eigenvalue weighted by Crippen LogP contribution is 2.17. The minimum atomic E-state index is 0.243. The topological polar surface area (TPSA) is 53.1 Å². The van der Waals surface area contributed by atoms with E-state index in [-0.39, 0.29) is 5.84 Å². The molecule has 0 bridgehead atoms. The Balaban J connectivity index is 2.23. The first kappa shape index (κ1) is 11.6. The molecule has 3 N–H and O–H groups in total. The van der Waals surface area contributed by atoms with Crippen molar-refractivity contribution in [3.05, 3.63) is 65.2 Å². The standard InChI is InChI=1S/C13H12ClN3/c14-11-6-8-12(9-7-11)17(16)13(15)10-4-2-1-3-5-10/h1-9,15H,16H2. The van der Waals surface area contributed by atoms with Crippen LogP contribution >= 0.6 is 11.6 Å². The van der Waals surface area contributed by atoms with Gasteiger partial charge in [0.25, 0.3) is 0 Å². The Morgan fingerprint density at radius 1 is 1.00 bits per heavy atom. The van der Waals surface area contributed by atoms with Crippen LogP contribution in [0.15, 0.2) is 54.6 Å². The lowest BCUT2D eigenvalue weighted by Gasteiger charge is -2.19. The van der Waals surface area contributed by atoms with Crippen molar-refractivity contribution in [3.8, 4) is 0 Å². The second-order valence-electron chi connectivity index (χ2n) is 3.56. The molecule has 0 aliphatic rings. The van der Waals surface area contributed by atoms with E-state index in [1.165, 1.54) is 5.01 Å². The molecule has 0 aliphatic heterocycles. The smallest absolute Gasteiger partial charge is 0.147 e. The molecule has 4 heteroatoms. The highest BCUT2D eigenvalue weighted by Gasteiger charge is 2.09. The molecule has 2 rings (SSSR count). The average Bonchev–Trinajstić information content (AvgIpc) is 2.39. The van der Waals surface area contributed by atoms with Crippen molar-refractivity contribution in [2.45, 2.75) is 0 Å². The van der Waals surface area contributed by atoms with Crippen LogP contribution in [0.3, 0.4) is 0 Å². The Bertz CT molecular complexity index is 508. The molecule has 0 radical (unpaired) electrons. The van der Waals surface area contributed by atoms with Gasteiger partial charge in [-0.3, -0.25) is 10.4 Å². The minimum Gasteiger partial charge on any atom is -0.283 e. The highest BCUT2D eigenvalue weighted by molar-refractivity contribution is 6.30. The Morgan fingerprint density at radius 2 is 1.59 bits per heavy atom. The molecular weight excluding hydrogens is 234 g/mol. The van der Waals surface area contributed by atoms with Crippen LogP contribution in [-0.4, -0.2) is 5.84 Å². The van der Waals surface area contributed by atoms with Crippen molar-refractivity contribution in [1.82, 2.24) is 0 Å². The minimum absolute atomic E-state index is 0.243. The van der Waals surface area contributed by atoms with Gasteiger partial charge in [-0.15, -0.1) is 0 Å². The third kappa shape index (κ3) is 2.64. The maximum atomic E-state index is 7.99. The van der Waals surface area contributed by atoms with Gasteiger partial charge in [0.1, 0.15) is 5.84 Å². The lowest BCUT2D eigenvalue weighted by molar-refractivity contribution is 1.11. The zero-order chi connectivity index (χ0) is 12.3. The predicted molar refractivity (Wildman–Crippen MR) is 71.4 cm³/mol. The molecule has 0 saturated carbocycles. The molecule has 17 heavy (non-hydrogen) atoms. The van der Waals surface area contributed by atoms with E-state index < -0.39 is 0 Å². The Morgan fingerprint density at radius 3 is 2.18 bits per heavy atom. The Kier molecular flexibility index (Phi) is 3.42. The van der Waals surface area contributed by atoms with Crippen molar-refractivity contribution in [2.24, 2.45) is 5.84 Å². The number of nitrogens with one attached hydrogen (secondary N) is 1. The highest BCUT2D eigenvalue weighted by atomic mass is 35.5. The van der Waals surface area contributed by atoms with Gasteiger partial charge in [0, 0.05) is 10.6 Å². The lowest BCUT2D eigenvalue weighted by Crippen LogP contribution is -2.37. The van der Waals surface area contributed by atoms with E-state index in [1.807, 2.05) is 30.3 Å². The molecule has 86 valence electrons. The third-order valence-corrected chi connectivity index (χ3v) is 2.64. The van der Waals surface area contributed by atoms with Crippen molar-refractivity contribution in [2.75, 3.05) is 5.01 Å². The van der Waals surface area contributed by atoms with Crippen molar-refractivity contribution in [1.29, 1.82) is 5.41 Å². The van der Waals surface area contributed by atoms with Gasteiger partial charge in [-0.25, -0.2) is 5.84 Å². The number of benzene rings is 2. The molecule has 0 amide bonds. The van der Waals surface area contributed by atoms with E-state index in [9.17, 15) is 0 Å². The van der Waals surface area contributed by atoms with E-state index in [2.05, 4.69) is 0 Å². The maximum Gasteiger partial charge on any atom is 0.147 e. The fraction of sp³-hybridized carbons (Fsp3) is 0. The van der Waals surface area contributed by atoms with E-state index in [4.69, 9.17) is 22.9 Å². The molecular formula is C13H12ClN3. The average molecular weight is 246 g/mol. The number of amidine groups is 1. The molecule has 0 heterocycles. The van der Waals surface area contributed by atoms with Crippen LogP contribution in [0.2, 0.25) is 5.02 Å². The molecule has 0 saturated heterocycles. The molecule has 0 spiro atoms. The summed E-state index contributed by atoms with van der Waals surface area (Å²) in [5.41, 5.74) is 1.49. The molecule has 3 nitrogen and oxygen atoms in total. The van der Waals surface area contributed by atoms with Crippen molar-refractivity contribution in [3.63, 3.8) is 0 Å². The van der Waals surface area contributed by atoms with Gasteiger partial charge in [0.05, 0.1) is 5.69 Å². The maximum absolute atomic E-state index is 7.99. The van der Waals surface area contributed by atoms with E-state index >= 15 is 0 Å². The summed E-state index contributed by atoms with van der Waals surface area (Å²) in [6.45, 7) is 0. The first-order valence-corrected chi connectivity index (χ1v) is 5.50. The molecule has 2 aromatic rings. The van der Waals surface area contributed by atoms with Crippen LogP contribution in [0.4, 0.5) is 5.69 Å². The largest absolute Gasteiger partial charge is 0.283 e. The summed E-state index contributed by atoms with van der Waals surface area (Å²) in [6.07, 6.45) is 0. The van der Waals surface area contributed by atoms with Crippen LogP contribution in [0.1, 0.15) is 5.56 Å². The first-order chi connectivity index (χ1) is 8.18. The van der Waals surface area contributed by atoms with Gasteiger partial charge in [-0.2, -0.15) is 0 Å². The summed E-state index contributed by atoms with van der Waals surface area (Å²) in [7, 11) is 0. The van der Waals surface area contributed by atoms with Crippen LogP contribution in [0.25, 0.3) is 0 Å². The number of hydrogen-bond acceptors (Lipinski definition) is 2. The predicted octanol–water partition coefficient (Wildman–Crippen LogP) is 3.05. The van der Waals surface area contributed by atoms with Gasteiger partial charge >= 0.3 is 0 Å². The fourth-order valence-corrected chi connectivity index (χ4v) is 1.59. The second-order valence-corrected chi connectivity index (χ2v) is 4.00. The van der Waals surface area contributed by atoms with E-state index in [1.54, 1.807) is 24.3 Å². The van der Waals surface area contributed by atoms with Crippen LogP contribution in [0.5, 0.6) is 0 Å². The quantitative estimate of drug-likeness (QED) is 0.370. The fourth-order valence-electron chi connectivity index (χ4n) is 1.47. The monoisotopic (exact) mass is 245 g/mol. The number of halogens is 1. The molecule has 0 atom stereocenters. The summed E-state index contributed by atoms with van der Waals surface area (Å²) in [5.74, 6) is 6.13. The van der Waals surface area contributed by atoms with E-state index in [0.717, 1.165) is 11.3 Å². The van der Waals surface area contributed by atoms with Gasteiger partial charge < -0.3 is 0 Å². The number of hydrazine groups is 1. The summed E-state index contributed by atoms with van der Waals surface area (Å²) < 4.78 is 0. The van der Waals surface area contributed by atoms with Crippen molar-refractivity contribution < 1.29 is 0 Å². The lowest BCUT2D eigenvalue weighted by atomic mass is 10.2.